The Hall–Kier alpha value is -2.17. The van der Waals surface area contributed by atoms with Crippen molar-refractivity contribution in [2.45, 2.75) is 25.4 Å². The number of rotatable bonds is 4. The second-order valence-electron chi connectivity index (χ2n) is 5.52. The Balaban J connectivity index is 2.06. The molecule has 1 aromatic heterocycles. The van der Waals surface area contributed by atoms with Crippen molar-refractivity contribution in [3.8, 4) is 0 Å². The van der Waals surface area contributed by atoms with Crippen LogP contribution in [-0.4, -0.2) is 20.0 Å². The first-order valence-electron chi connectivity index (χ1n) is 7.77. The fourth-order valence-corrected chi connectivity index (χ4v) is 2.70. The van der Waals surface area contributed by atoms with Gasteiger partial charge in [0, 0.05) is 13.2 Å². The molecule has 1 aromatic rings. The quantitative estimate of drug-likeness (QED) is 0.797. The van der Waals surface area contributed by atoms with Gasteiger partial charge in [-0.05, 0) is 30.9 Å². The zero-order valence-electron chi connectivity index (χ0n) is 13.2. The summed E-state index contributed by atoms with van der Waals surface area (Å²) in [5.74, 6) is 0.613. The van der Waals surface area contributed by atoms with E-state index in [0.717, 1.165) is 24.8 Å². The lowest BCUT2D eigenvalue weighted by Gasteiger charge is -2.10. The number of ether oxygens (including phenoxy) is 2. The molecule has 1 heterocycles. The molecule has 0 aromatic carbocycles. The van der Waals surface area contributed by atoms with Crippen molar-refractivity contribution in [1.29, 1.82) is 0 Å². The average Bonchev–Trinajstić information content (AvgIpc) is 2.93. The standard InChI is InChI=1S/C19H20O4/c1-21-13-22-15-9-6-10-16-17(20)12-18(23-19(16)11-15)14-7-4-2-3-5-8-14/h2-5,7,10-12,15H,6,8-9,13H2,1H3. The summed E-state index contributed by atoms with van der Waals surface area (Å²) in [5, 5.41) is 0.623. The van der Waals surface area contributed by atoms with Crippen LogP contribution in [0, 0.1) is 0 Å². The first-order chi connectivity index (χ1) is 11.3. The third-order valence-electron chi connectivity index (χ3n) is 3.86. The van der Waals surface area contributed by atoms with E-state index >= 15 is 0 Å². The Labute approximate surface area is 134 Å². The molecule has 0 bridgehead atoms. The molecule has 0 amide bonds. The number of hydrogen-bond donors (Lipinski definition) is 0. The highest BCUT2D eigenvalue weighted by atomic mass is 16.7. The molecule has 1 unspecified atom stereocenters. The molecule has 4 nitrogen and oxygen atoms in total. The van der Waals surface area contributed by atoms with Gasteiger partial charge in [0.15, 0.2) is 5.43 Å². The third kappa shape index (κ3) is 3.78. The maximum Gasteiger partial charge on any atom is 0.192 e. The van der Waals surface area contributed by atoms with Gasteiger partial charge in [-0.3, -0.25) is 4.79 Å². The van der Waals surface area contributed by atoms with Gasteiger partial charge in [0.05, 0.1) is 11.3 Å². The van der Waals surface area contributed by atoms with Crippen LogP contribution in [-0.2, 0) is 9.47 Å². The minimum atomic E-state index is -0.117. The number of methoxy groups -OCH3 is 1. The van der Waals surface area contributed by atoms with E-state index in [9.17, 15) is 4.79 Å². The van der Waals surface area contributed by atoms with Gasteiger partial charge in [0.25, 0.3) is 0 Å². The molecule has 2 aliphatic carbocycles. The fraction of sp³-hybridized carbons (Fsp3) is 0.316. The van der Waals surface area contributed by atoms with Gasteiger partial charge in [-0.25, -0.2) is 0 Å². The molecule has 0 fully saturated rings. The van der Waals surface area contributed by atoms with Gasteiger partial charge in [-0.1, -0.05) is 36.5 Å². The maximum atomic E-state index is 12.4. The second kappa shape index (κ2) is 7.40. The summed E-state index contributed by atoms with van der Waals surface area (Å²) in [6.07, 6.45) is 15.9. The summed E-state index contributed by atoms with van der Waals surface area (Å²) in [4.78, 5) is 12.4. The molecule has 1 atom stereocenters. The summed E-state index contributed by atoms with van der Waals surface area (Å²) in [5.41, 5.74) is 1.56. The molecule has 120 valence electrons. The summed E-state index contributed by atoms with van der Waals surface area (Å²) in [7, 11) is 1.59. The summed E-state index contributed by atoms with van der Waals surface area (Å²) >= 11 is 0. The van der Waals surface area contributed by atoms with Gasteiger partial charge in [0.1, 0.15) is 18.0 Å². The number of allylic oxidation sites excluding steroid dienone is 6. The second-order valence-corrected chi connectivity index (χ2v) is 5.52. The fourth-order valence-electron chi connectivity index (χ4n) is 2.70. The van der Waals surface area contributed by atoms with E-state index in [2.05, 4.69) is 0 Å². The molecule has 0 saturated heterocycles. The van der Waals surface area contributed by atoms with Crippen LogP contribution in [0.3, 0.4) is 0 Å². The average molecular weight is 312 g/mol. The Morgan fingerprint density at radius 1 is 1.30 bits per heavy atom. The minimum Gasteiger partial charge on any atom is -0.456 e. The number of hydrogen-bond acceptors (Lipinski definition) is 4. The van der Waals surface area contributed by atoms with Crippen molar-refractivity contribution in [2.75, 3.05) is 13.9 Å². The van der Waals surface area contributed by atoms with Crippen molar-refractivity contribution >= 4 is 17.7 Å². The van der Waals surface area contributed by atoms with E-state index < -0.39 is 0 Å². The molecule has 0 N–H and O–H groups in total. The normalized spacial score (nSPS) is 19.9. The Morgan fingerprint density at radius 3 is 3.09 bits per heavy atom. The summed E-state index contributed by atoms with van der Waals surface area (Å²) in [6, 6.07) is 1.58. The summed E-state index contributed by atoms with van der Waals surface area (Å²) in [6.45, 7) is 0.223. The van der Waals surface area contributed by atoms with Gasteiger partial charge < -0.3 is 13.9 Å². The topological polar surface area (TPSA) is 48.7 Å². The molecule has 0 radical (unpaired) electrons. The predicted octanol–water partition coefficient (Wildman–Crippen LogP) is 1.88. The Kier molecular flexibility index (Phi) is 5.05. The number of fused-ring (bicyclic) bond motifs is 1. The van der Waals surface area contributed by atoms with Crippen LogP contribution < -0.4 is 16.1 Å². The van der Waals surface area contributed by atoms with Crippen LogP contribution in [0.1, 0.15) is 25.0 Å². The largest absolute Gasteiger partial charge is 0.456 e. The van der Waals surface area contributed by atoms with Crippen LogP contribution in [0.4, 0.5) is 0 Å². The highest BCUT2D eigenvalue weighted by Crippen LogP contribution is 2.18. The van der Waals surface area contributed by atoms with Crippen LogP contribution >= 0.6 is 0 Å². The van der Waals surface area contributed by atoms with E-state index in [1.165, 1.54) is 0 Å². The molecule has 0 saturated carbocycles. The first kappa shape index (κ1) is 15.7. The van der Waals surface area contributed by atoms with Crippen molar-refractivity contribution < 1.29 is 13.9 Å². The van der Waals surface area contributed by atoms with Crippen LogP contribution in [0.5, 0.6) is 0 Å². The predicted molar refractivity (Wildman–Crippen MR) is 90.0 cm³/mol. The van der Waals surface area contributed by atoms with E-state index in [1.807, 2.05) is 42.5 Å². The van der Waals surface area contributed by atoms with Crippen molar-refractivity contribution in [2.24, 2.45) is 0 Å². The highest BCUT2D eigenvalue weighted by molar-refractivity contribution is 5.65. The van der Waals surface area contributed by atoms with Gasteiger partial charge in [-0.15, -0.1) is 0 Å². The molecular weight excluding hydrogens is 292 g/mol. The van der Waals surface area contributed by atoms with E-state index in [-0.39, 0.29) is 18.3 Å². The zero-order valence-corrected chi connectivity index (χ0v) is 13.2. The Bertz CT molecular complexity index is 824. The first-order valence-corrected chi connectivity index (χ1v) is 7.77. The molecule has 3 rings (SSSR count). The molecule has 0 spiro atoms. The summed E-state index contributed by atoms with van der Waals surface area (Å²) < 4.78 is 16.6. The molecule has 4 heteroatoms. The monoisotopic (exact) mass is 312 g/mol. The van der Waals surface area contributed by atoms with E-state index in [0.29, 0.717) is 16.4 Å². The zero-order chi connectivity index (χ0) is 16.1. The molecular formula is C19H20O4. The lowest BCUT2D eigenvalue weighted by atomic mass is 10.1. The smallest absolute Gasteiger partial charge is 0.192 e. The molecule has 23 heavy (non-hydrogen) atoms. The van der Waals surface area contributed by atoms with Gasteiger partial charge in [-0.2, -0.15) is 0 Å². The van der Waals surface area contributed by atoms with Crippen molar-refractivity contribution in [3.05, 3.63) is 63.1 Å². The SMILES string of the molecule is COCOC1C=c2oc(C3=CC=CC=CC3)cc(=O)c2=CCC1. The lowest BCUT2D eigenvalue weighted by Crippen LogP contribution is -2.39. The van der Waals surface area contributed by atoms with E-state index in [4.69, 9.17) is 13.9 Å². The van der Waals surface area contributed by atoms with Crippen LogP contribution in [0.25, 0.3) is 17.7 Å². The highest BCUT2D eigenvalue weighted by Gasteiger charge is 2.12. The molecule has 2 aliphatic rings. The maximum absolute atomic E-state index is 12.4. The van der Waals surface area contributed by atoms with E-state index in [1.54, 1.807) is 13.2 Å². The van der Waals surface area contributed by atoms with Gasteiger partial charge in [0.2, 0.25) is 0 Å². The van der Waals surface area contributed by atoms with Crippen molar-refractivity contribution in [3.63, 3.8) is 0 Å². The van der Waals surface area contributed by atoms with Crippen LogP contribution in [0.2, 0.25) is 0 Å². The van der Waals surface area contributed by atoms with Gasteiger partial charge >= 0.3 is 0 Å². The molecule has 0 aliphatic heterocycles. The lowest BCUT2D eigenvalue weighted by molar-refractivity contribution is -0.0519. The Morgan fingerprint density at radius 2 is 2.22 bits per heavy atom. The van der Waals surface area contributed by atoms with Crippen LogP contribution in [0.15, 0.2) is 45.7 Å². The minimum absolute atomic E-state index is 0.0111. The van der Waals surface area contributed by atoms with Crippen molar-refractivity contribution in [1.82, 2.24) is 0 Å². The third-order valence-corrected chi connectivity index (χ3v) is 3.86.